The van der Waals surface area contributed by atoms with Gasteiger partial charge in [0.1, 0.15) is 0 Å². The fraction of sp³-hybridized carbons (Fsp3) is 0.692. The summed E-state index contributed by atoms with van der Waals surface area (Å²) in [6, 6.07) is -0.880. The predicted octanol–water partition coefficient (Wildman–Crippen LogP) is -3.69. The molecule has 0 fully saturated rings. The lowest BCUT2D eigenvalue weighted by atomic mass is 10.3. The Morgan fingerprint density at radius 3 is 1.40 bits per heavy atom. The molecule has 12 nitrogen and oxygen atoms in total. The first-order valence-electron chi connectivity index (χ1n) is 7.29. The van der Waals surface area contributed by atoms with Crippen molar-refractivity contribution in [1.82, 2.24) is 15.1 Å². The van der Waals surface area contributed by atoms with Crippen molar-refractivity contribution in [2.45, 2.75) is 6.04 Å². The molecule has 0 aromatic carbocycles. The highest BCUT2D eigenvalue weighted by Gasteiger charge is 2.19. The minimum atomic E-state index is -1.24. The summed E-state index contributed by atoms with van der Waals surface area (Å²) in [5, 5.41) is 46.5. The normalized spacial score (nSPS) is 11.1. The van der Waals surface area contributed by atoms with E-state index in [1.165, 1.54) is 4.90 Å². The molecule has 0 heterocycles. The zero-order valence-electron chi connectivity index (χ0n) is 13.5. The molecule has 144 valence electrons. The quantitative estimate of drug-likeness (QED) is 0.178. The molecular weight excluding hydrogens is 342 g/mol. The molecule has 0 atom stereocenters. The number of carboxylic acids is 3. The van der Waals surface area contributed by atoms with Gasteiger partial charge in [-0.25, -0.2) is 0 Å². The predicted molar refractivity (Wildman–Crippen MR) is 81.9 cm³/mol. The van der Waals surface area contributed by atoms with Crippen molar-refractivity contribution in [1.29, 1.82) is 0 Å². The first kappa shape index (κ1) is 22.7. The number of carbonyl (C=O) groups is 4. The Bertz CT molecular complexity index is 452. The summed E-state index contributed by atoms with van der Waals surface area (Å²) in [7, 11) is 0. The molecule has 0 bridgehead atoms. The lowest BCUT2D eigenvalue weighted by Crippen LogP contribution is -2.48. The average molecular weight is 365 g/mol. The van der Waals surface area contributed by atoms with Gasteiger partial charge in [0.25, 0.3) is 0 Å². The third-order valence-corrected chi connectivity index (χ3v) is 2.98. The Hall–Kier alpha value is -2.28. The molecule has 6 N–H and O–H groups in total. The summed E-state index contributed by atoms with van der Waals surface area (Å²) >= 11 is 0. The summed E-state index contributed by atoms with van der Waals surface area (Å²) in [5.74, 6) is -4.34. The van der Waals surface area contributed by atoms with Crippen LogP contribution >= 0.6 is 0 Å². The number of nitrogens with one attached hydrogen (secondary N) is 1. The van der Waals surface area contributed by atoms with Gasteiger partial charge in [0.2, 0.25) is 5.91 Å². The van der Waals surface area contributed by atoms with Crippen LogP contribution in [0, 0.1) is 0 Å². The zero-order valence-corrected chi connectivity index (χ0v) is 13.5. The van der Waals surface area contributed by atoms with Crippen LogP contribution in [0.4, 0.5) is 0 Å². The SMILES string of the molecule is O=C(O)CN(CCN(CC(=O)O)CC(=O)NC(CO)CO)CC(=O)O. The Balaban J connectivity index is 4.73. The number of hydrogen-bond acceptors (Lipinski definition) is 8. The van der Waals surface area contributed by atoms with Crippen LogP contribution in [0.2, 0.25) is 0 Å². The molecule has 0 aliphatic rings. The number of carboxylic acid groups (broad SMARTS) is 3. The van der Waals surface area contributed by atoms with E-state index in [-0.39, 0.29) is 19.6 Å². The van der Waals surface area contributed by atoms with Crippen LogP contribution in [0.25, 0.3) is 0 Å². The maximum Gasteiger partial charge on any atom is 0.317 e. The van der Waals surface area contributed by atoms with E-state index in [1.807, 2.05) is 0 Å². The third-order valence-electron chi connectivity index (χ3n) is 2.98. The van der Waals surface area contributed by atoms with Crippen molar-refractivity contribution < 1.29 is 44.7 Å². The molecule has 0 aliphatic carbocycles. The molecule has 0 saturated carbocycles. The Morgan fingerprint density at radius 1 is 0.720 bits per heavy atom. The number of amides is 1. The molecular formula is C13H23N3O9. The van der Waals surface area contributed by atoms with E-state index in [9.17, 15) is 19.2 Å². The second kappa shape index (κ2) is 12.1. The van der Waals surface area contributed by atoms with E-state index in [0.29, 0.717) is 0 Å². The summed E-state index contributed by atoms with van der Waals surface area (Å²) < 4.78 is 0. The molecule has 0 unspecified atom stereocenters. The van der Waals surface area contributed by atoms with E-state index >= 15 is 0 Å². The van der Waals surface area contributed by atoms with Crippen LogP contribution in [-0.2, 0) is 19.2 Å². The fourth-order valence-corrected chi connectivity index (χ4v) is 1.91. The monoisotopic (exact) mass is 365 g/mol. The average Bonchev–Trinajstić information content (AvgIpc) is 2.48. The topological polar surface area (TPSA) is 188 Å². The van der Waals surface area contributed by atoms with Crippen LogP contribution in [0.1, 0.15) is 0 Å². The van der Waals surface area contributed by atoms with Gasteiger partial charge in [-0.3, -0.25) is 29.0 Å². The van der Waals surface area contributed by atoms with Crippen LogP contribution in [0.5, 0.6) is 0 Å². The molecule has 25 heavy (non-hydrogen) atoms. The second-order valence-electron chi connectivity index (χ2n) is 5.23. The number of carbonyl (C=O) groups excluding carboxylic acids is 1. The number of aliphatic hydroxyl groups is 2. The first-order valence-corrected chi connectivity index (χ1v) is 7.29. The highest BCUT2D eigenvalue weighted by Crippen LogP contribution is 1.95. The van der Waals surface area contributed by atoms with Crippen molar-refractivity contribution in [3.8, 4) is 0 Å². The summed E-state index contributed by atoms with van der Waals surface area (Å²) in [6.07, 6.45) is 0. The van der Waals surface area contributed by atoms with Crippen molar-refractivity contribution in [3.63, 3.8) is 0 Å². The van der Waals surface area contributed by atoms with E-state index in [4.69, 9.17) is 25.5 Å². The maximum atomic E-state index is 11.8. The molecule has 0 radical (unpaired) electrons. The number of aliphatic hydroxyl groups excluding tert-OH is 2. The first-order chi connectivity index (χ1) is 11.7. The van der Waals surface area contributed by atoms with Gasteiger partial charge in [-0.1, -0.05) is 0 Å². The Labute approximate surface area is 143 Å². The third kappa shape index (κ3) is 11.8. The van der Waals surface area contributed by atoms with Crippen LogP contribution in [0.3, 0.4) is 0 Å². The van der Waals surface area contributed by atoms with Gasteiger partial charge < -0.3 is 30.8 Å². The van der Waals surface area contributed by atoms with Gasteiger partial charge in [0.15, 0.2) is 0 Å². The molecule has 0 aromatic rings. The molecule has 0 aromatic heterocycles. The summed E-state index contributed by atoms with van der Waals surface area (Å²) in [5.41, 5.74) is 0. The smallest absolute Gasteiger partial charge is 0.317 e. The second-order valence-corrected chi connectivity index (χ2v) is 5.23. The van der Waals surface area contributed by atoms with Crippen LogP contribution < -0.4 is 5.32 Å². The molecule has 0 rings (SSSR count). The Kier molecular flexibility index (Phi) is 11.0. The van der Waals surface area contributed by atoms with Crippen molar-refractivity contribution in [2.75, 3.05) is 52.5 Å². The van der Waals surface area contributed by atoms with Crippen LogP contribution in [-0.4, -0.2) is 118 Å². The van der Waals surface area contributed by atoms with E-state index in [2.05, 4.69) is 5.32 Å². The molecule has 0 spiro atoms. The van der Waals surface area contributed by atoms with Gasteiger partial charge in [-0.15, -0.1) is 0 Å². The van der Waals surface area contributed by atoms with Crippen molar-refractivity contribution in [2.24, 2.45) is 0 Å². The Morgan fingerprint density at radius 2 is 1.08 bits per heavy atom. The van der Waals surface area contributed by atoms with Crippen LogP contribution in [0.15, 0.2) is 0 Å². The molecule has 0 saturated heterocycles. The number of nitrogens with zero attached hydrogens (tertiary/aromatic N) is 2. The van der Waals surface area contributed by atoms with E-state index in [1.54, 1.807) is 0 Å². The molecule has 0 aliphatic heterocycles. The van der Waals surface area contributed by atoms with Gasteiger partial charge in [0.05, 0.1) is 45.4 Å². The van der Waals surface area contributed by atoms with Gasteiger partial charge in [-0.05, 0) is 0 Å². The number of aliphatic carboxylic acids is 3. The number of rotatable bonds is 14. The maximum absolute atomic E-state index is 11.8. The highest BCUT2D eigenvalue weighted by atomic mass is 16.4. The standard InChI is InChI=1S/C13H23N3O9/c17-7-9(8-18)14-10(19)3-15(4-11(20)21)1-2-16(5-12(22)23)6-13(24)25/h9,17-18H,1-8H2,(H,14,19)(H,20,21)(H,22,23)(H,24,25). The summed E-state index contributed by atoms with van der Waals surface area (Å²) in [6.45, 7) is -3.13. The van der Waals surface area contributed by atoms with E-state index in [0.717, 1.165) is 4.90 Å². The van der Waals surface area contributed by atoms with Gasteiger partial charge >= 0.3 is 17.9 Å². The van der Waals surface area contributed by atoms with Crippen molar-refractivity contribution in [3.05, 3.63) is 0 Å². The number of hydrogen-bond donors (Lipinski definition) is 6. The summed E-state index contributed by atoms with van der Waals surface area (Å²) in [4.78, 5) is 46.4. The van der Waals surface area contributed by atoms with Gasteiger partial charge in [-0.2, -0.15) is 0 Å². The largest absolute Gasteiger partial charge is 0.480 e. The molecule has 12 heteroatoms. The highest BCUT2D eigenvalue weighted by molar-refractivity contribution is 5.79. The minimum absolute atomic E-state index is 0.0663. The fourth-order valence-electron chi connectivity index (χ4n) is 1.91. The lowest BCUT2D eigenvalue weighted by Gasteiger charge is -2.25. The van der Waals surface area contributed by atoms with Crippen molar-refractivity contribution >= 4 is 23.8 Å². The van der Waals surface area contributed by atoms with Gasteiger partial charge in [0, 0.05) is 13.1 Å². The van der Waals surface area contributed by atoms with E-state index < -0.39 is 62.7 Å². The minimum Gasteiger partial charge on any atom is -0.480 e. The zero-order chi connectivity index (χ0) is 19.4. The lowest BCUT2D eigenvalue weighted by molar-refractivity contribution is -0.143. The molecule has 1 amide bonds.